The Balaban J connectivity index is 1.91. The summed E-state index contributed by atoms with van der Waals surface area (Å²) in [6, 6.07) is 13.3. The predicted molar refractivity (Wildman–Crippen MR) is 80.1 cm³/mol. The molecule has 3 N–H and O–H groups in total. The molecule has 0 spiro atoms. The fourth-order valence-electron chi connectivity index (χ4n) is 1.75. The number of nitrogen functional groups attached to an aromatic ring is 1. The number of nitrogens with two attached hydrogens (primary N) is 1. The van der Waals surface area contributed by atoms with Crippen molar-refractivity contribution in [1.82, 2.24) is 0 Å². The molecule has 0 aliphatic rings. The molecule has 0 aliphatic carbocycles. The van der Waals surface area contributed by atoms with Gasteiger partial charge in [0, 0.05) is 5.56 Å². The molecule has 0 radical (unpaired) electrons. The lowest BCUT2D eigenvalue weighted by Gasteiger charge is -2.14. The molecule has 2 rings (SSSR count). The highest BCUT2D eigenvalue weighted by Crippen LogP contribution is 2.17. The van der Waals surface area contributed by atoms with E-state index in [1.165, 1.54) is 6.07 Å². The molecule has 0 aromatic heterocycles. The highest BCUT2D eigenvalue weighted by Gasteiger charge is 2.15. The van der Waals surface area contributed by atoms with Crippen LogP contribution in [0, 0.1) is 5.82 Å². The van der Waals surface area contributed by atoms with Gasteiger partial charge in [0.05, 0.1) is 18.0 Å². The smallest absolute Gasteiger partial charge is 0.253 e. The Morgan fingerprint density at radius 2 is 1.90 bits per heavy atom. The van der Waals surface area contributed by atoms with Crippen LogP contribution in [-0.2, 0) is 16.1 Å². The maximum absolute atomic E-state index is 13.4. The molecule has 4 nitrogen and oxygen atoms in total. The Hall–Kier alpha value is -2.40. The third kappa shape index (κ3) is 4.03. The van der Waals surface area contributed by atoms with Crippen LogP contribution in [0.5, 0.6) is 0 Å². The van der Waals surface area contributed by atoms with E-state index in [9.17, 15) is 9.18 Å². The number of halogens is 1. The summed E-state index contributed by atoms with van der Waals surface area (Å²) in [6.45, 7) is 1.64. The van der Waals surface area contributed by atoms with Gasteiger partial charge in [0.1, 0.15) is 11.9 Å². The van der Waals surface area contributed by atoms with Crippen LogP contribution in [0.25, 0.3) is 0 Å². The van der Waals surface area contributed by atoms with Crippen molar-refractivity contribution in [1.29, 1.82) is 0 Å². The first-order valence-corrected chi connectivity index (χ1v) is 6.58. The number of nitrogens with one attached hydrogen (secondary N) is 1. The van der Waals surface area contributed by atoms with Crippen molar-refractivity contribution in [3.05, 3.63) is 59.9 Å². The van der Waals surface area contributed by atoms with Crippen molar-refractivity contribution in [2.45, 2.75) is 19.6 Å². The minimum atomic E-state index is -0.718. The first-order valence-electron chi connectivity index (χ1n) is 6.58. The van der Waals surface area contributed by atoms with Gasteiger partial charge in [-0.15, -0.1) is 0 Å². The van der Waals surface area contributed by atoms with Crippen LogP contribution in [-0.4, -0.2) is 12.0 Å². The first kappa shape index (κ1) is 15.0. The van der Waals surface area contributed by atoms with Crippen molar-refractivity contribution >= 4 is 17.3 Å². The van der Waals surface area contributed by atoms with Crippen LogP contribution >= 0.6 is 0 Å². The molecule has 1 amide bonds. The van der Waals surface area contributed by atoms with Gasteiger partial charge in [-0.25, -0.2) is 4.39 Å². The van der Waals surface area contributed by atoms with E-state index in [4.69, 9.17) is 10.5 Å². The SMILES string of the molecule is CC(OCc1ccccc1F)C(=O)Nc1ccccc1N. The lowest BCUT2D eigenvalue weighted by Crippen LogP contribution is -2.28. The van der Waals surface area contributed by atoms with Gasteiger partial charge >= 0.3 is 0 Å². The molecule has 2 aromatic rings. The van der Waals surface area contributed by atoms with Gasteiger partial charge in [-0.2, -0.15) is 0 Å². The van der Waals surface area contributed by atoms with Gasteiger partial charge in [-0.3, -0.25) is 4.79 Å². The van der Waals surface area contributed by atoms with Crippen LogP contribution in [0.2, 0.25) is 0 Å². The maximum atomic E-state index is 13.4. The number of anilines is 2. The van der Waals surface area contributed by atoms with Gasteiger partial charge in [0.15, 0.2) is 0 Å². The highest BCUT2D eigenvalue weighted by molar-refractivity contribution is 5.96. The van der Waals surface area contributed by atoms with Crippen molar-refractivity contribution in [3.8, 4) is 0 Å². The van der Waals surface area contributed by atoms with Crippen LogP contribution in [0.1, 0.15) is 12.5 Å². The molecule has 0 saturated carbocycles. The molecule has 110 valence electrons. The number of hydrogen-bond acceptors (Lipinski definition) is 3. The number of hydrogen-bond donors (Lipinski definition) is 2. The fraction of sp³-hybridized carbons (Fsp3) is 0.188. The standard InChI is InChI=1S/C16H17FN2O2/c1-11(21-10-12-6-2-3-7-13(12)17)16(20)19-15-9-5-4-8-14(15)18/h2-9,11H,10,18H2,1H3,(H,19,20). The van der Waals surface area contributed by atoms with Gasteiger partial charge in [0.25, 0.3) is 5.91 Å². The van der Waals surface area contributed by atoms with Crippen LogP contribution in [0.15, 0.2) is 48.5 Å². The second-order valence-corrected chi connectivity index (χ2v) is 4.62. The number of carbonyl (C=O) groups excluding carboxylic acids is 1. The number of ether oxygens (including phenoxy) is 1. The summed E-state index contributed by atoms with van der Waals surface area (Å²) in [5.74, 6) is -0.679. The average Bonchev–Trinajstić information content (AvgIpc) is 2.48. The zero-order valence-corrected chi connectivity index (χ0v) is 11.7. The maximum Gasteiger partial charge on any atom is 0.253 e. The number of rotatable bonds is 5. The van der Waals surface area contributed by atoms with Crippen molar-refractivity contribution < 1.29 is 13.9 Å². The van der Waals surface area contributed by atoms with Crippen LogP contribution < -0.4 is 11.1 Å². The molecule has 0 saturated heterocycles. The van der Waals surface area contributed by atoms with Gasteiger partial charge in [-0.05, 0) is 25.1 Å². The predicted octanol–water partition coefficient (Wildman–Crippen LogP) is 2.95. The van der Waals surface area contributed by atoms with E-state index >= 15 is 0 Å². The minimum Gasteiger partial charge on any atom is -0.397 e. The van der Waals surface area contributed by atoms with E-state index in [2.05, 4.69) is 5.32 Å². The molecule has 0 heterocycles. The zero-order chi connectivity index (χ0) is 15.2. The highest BCUT2D eigenvalue weighted by atomic mass is 19.1. The number of amides is 1. The zero-order valence-electron chi connectivity index (χ0n) is 11.7. The Bertz CT molecular complexity index is 631. The minimum absolute atomic E-state index is 0.0333. The molecule has 1 unspecified atom stereocenters. The molecule has 2 aromatic carbocycles. The molecule has 1 atom stereocenters. The van der Waals surface area contributed by atoms with Crippen molar-refractivity contribution in [2.75, 3.05) is 11.1 Å². The average molecular weight is 288 g/mol. The summed E-state index contributed by atoms with van der Waals surface area (Å²) in [5, 5.41) is 2.68. The molecule has 5 heteroatoms. The largest absolute Gasteiger partial charge is 0.397 e. The summed E-state index contributed by atoms with van der Waals surface area (Å²) in [7, 11) is 0. The van der Waals surface area contributed by atoms with E-state index in [1.807, 2.05) is 0 Å². The van der Waals surface area contributed by atoms with Crippen molar-refractivity contribution in [3.63, 3.8) is 0 Å². The van der Waals surface area contributed by atoms with E-state index in [-0.39, 0.29) is 18.3 Å². The Morgan fingerprint density at radius 3 is 2.62 bits per heavy atom. The lowest BCUT2D eigenvalue weighted by atomic mass is 10.2. The monoisotopic (exact) mass is 288 g/mol. The number of para-hydroxylation sites is 2. The van der Waals surface area contributed by atoms with Crippen LogP contribution in [0.4, 0.5) is 15.8 Å². The lowest BCUT2D eigenvalue weighted by molar-refractivity contribution is -0.127. The third-order valence-corrected chi connectivity index (χ3v) is 3.03. The van der Waals surface area contributed by atoms with E-state index in [0.29, 0.717) is 16.9 Å². The van der Waals surface area contributed by atoms with Crippen LogP contribution in [0.3, 0.4) is 0 Å². The Kier molecular flexibility index (Phi) is 4.90. The normalized spacial score (nSPS) is 11.9. The number of carbonyl (C=O) groups is 1. The number of benzene rings is 2. The molecular formula is C16H17FN2O2. The van der Waals surface area contributed by atoms with Crippen molar-refractivity contribution in [2.24, 2.45) is 0 Å². The van der Waals surface area contributed by atoms with E-state index < -0.39 is 6.10 Å². The summed E-state index contributed by atoms with van der Waals surface area (Å²) < 4.78 is 18.8. The summed E-state index contributed by atoms with van der Waals surface area (Å²) in [5.41, 5.74) is 7.17. The van der Waals surface area contributed by atoms with Gasteiger partial charge in [-0.1, -0.05) is 30.3 Å². The quantitative estimate of drug-likeness (QED) is 0.831. The van der Waals surface area contributed by atoms with E-state index in [0.717, 1.165) is 0 Å². The second kappa shape index (κ2) is 6.85. The summed E-state index contributed by atoms with van der Waals surface area (Å²) in [4.78, 5) is 12.0. The molecule has 21 heavy (non-hydrogen) atoms. The second-order valence-electron chi connectivity index (χ2n) is 4.62. The topological polar surface area (TPSA) is 64.3 Å². The van der Waals surface area contributed by atoms with Gasteiger partial charge < -0.3 is 15.8 Å². The summed E-state index contributed by atoms with van der Waals surface area (Å²) >= 11 is 0. The Labute approximate surface area is 122 Å². The van der Waals surface area contributed by atoms with Gasteiger partial charge in [0.2, 0.25) is 0 Å². The molecule has 0 bridgehead atoms. The van der Waals surface area contributed by atoms with E-state index in [1.54, 1.807) is 49.4 Å². The summed E-state index contributed by atoms with van der Waals surface area (Å²) in [6.07, 6.45) is -0.718. The molecule has 0 fully saturated rings. The Morgan fingerprint density at radius 1 is 1.24 bits per heavy atom. The molecular weight excluding hydrogens is 271 g/mol. The molecule has 0 aliphatic heterocycles. The fourth-order valence-corrected chi connectivity index (χ4v) is 1.75. The third-order valence-electron chi connectivity index (χ3n) is 3.03. The first-order chi connectivity index (χ1) is 10.1.